The van der Waals surface area contributed by atoms with E-state index in [1.165, 1.54) is 12.1 Å². The zero-order chi connectivity index (χ0) is 15.6. The first-order valence-corrected chi connectivity index (χ1v) is 7.03. The number of halogens is 5. The topological polar surface area (TPSA) is 32.3 Å². The molecule has 2 aromatic rings. The minimum absolute atomic E-state index is 0.00692. The maximum absolute atomic E-state index is 12.9. The van der Waals surface area contributed by atoms with E-state index in [9.17, 15) is 18.3 Å². The Morgan fingerprint density at radius 1 is 1.19 bits per heavy atom. The average Bonchev–Trinajstić information content (AvgIpc) is 2.40. The molecule has 0 unspecified atom stereocenters. The Kier molecular flexibility index (Phi) is 4.68. The minimum atomic E-state index is -4.51. The number of nitrogens with one attached hydrogen (secondary N) is 1. The zero-order valence-corrected chi connectivity index (χ0v) is 12.9. The van der Waals surface area contributed by atoms with Crippen molar-refractivity contribution in [2.24, 2.45) is 0 Å². The summed E-state index contributed by atoms with van der Waals surface area (Å²) in [4.78, 5) is 0. The van der Waals surface area contributed by atoms with Gasteiger partial charge >= 0.3 is 6.18 Å². The third-order valence-corrected chi connectivity index (χ3v) is 3.70. The largest absolute Gasteiger partial charge is 0.506 e. The molecular weight excluding hydrogens is 371 g/mol. The molecule has 0 fully saturated rings. The minimum Gasteiger partial charge on any atom is -0.506 e. The molecule has 0 spiro atoms. The molecule has 112 valence electrons. The molecule has 21 heavy (non-hydrogen) atoms. The van der Waals surface area contributed by atoms with E-state index in [0.717, 1.165) is 6.07 Å². The molecule has 2 nitrogen and oxygen atoms in total. The van der Waals surface area contributed by atoms with Crippen molar-refractivity contribution in [2.45, 2.75) is 12.7 Å². The van der Waals surface area contributed by atoms with Gasteiger partial charge < -0.3 is 10.4 Å². The number of hydrogen-bond donors (Lipinski definition) is 2. The van der Waals surface area contributed by atoms with Crippen LogP contribution in [0.25, 0.3) is 0 Å². The van der Waals surface area contributed by atoms with Crippen LogP contribution in [0.3, 0.4) is 0 Å². The van der Waals surface area contributed by atoms with E-state index in [2.05, 4.69) is 21.2 Å². The van der Waals surface area contributed by atoms with E-state index in [-0.39, 0.29) is 23.0 Å². The lowest BCUT2D eigenvalue weighted by atomic mass is 10.1. The van der Waals surface area contributed by atoms with Gasteiger partial charge in [-0.3, -0.25) is 0 Å². The van der Waals surface area contributed by atoms with Crippen molar-refractivity contribution in [2.75, 3.05) is 5.32 Å². The molecule has 0 atom stereocenters. The standard InChI is InChI=1S/C14H10BrClF3NO/c15-11-3-1-2-8(13(11)21)7-20-12-5-4-9(16)6-10(12)14(17,18)19/h1-6,20-21H,7H2. The van der Waals surface area contributed by atoms with Gasteiger partial charge in [0.15, 0.2) is 0 Å². The predicted octanol–water partition coefficient (Wildman–Crippen LogP) is 5.44. The highest BCUT2D eigenvalue weighted by atomic mass is 79.9. The highest BCUT2D eigenvalue weighted by Crippen LogP contribution is 2.37. The highest BCUT2D eigenvalue weighted by Gasteiger charge is 2.33. The fraction of sp³-hybridized carbons (Fsp3) is 0.143. The van der Waals surface area contributed by atoms with Crippen LogP contribution in [0.15, 0.2) is 40.9 Å². The van der Waals surface area contributed by atoms with E-state index < -0.39 is 11.7 Å². The lowest BCUT2D eigenvalue weighted by Crippen LogP contribution is -2.11. The van der Waals surface area contributed by atoms with Crippen molar-refractivity contribution in [1.82, 2.24) is 0 Å². The summed E-state index contributed by atoms with van der Waals surface area (Å²) in [6.07, 6.45) is -4.51. The first kappa shape index (κ1) is 16.0. The molecule has 0 aromatic heterocycles. The van der Waals surface area contributed by atoms with Gasteiger partial charge in [0.05, 0.1) is 10.0 Å². The lowest BCUT2D eigenvalue weighted by Gasteiger charge is -2.15. The molecule has 2 N–H and O–H groups in total. The van der Waals surface area contributed by atoms with Crippen LogP contribution in [0.4, 0.5) is 18.9 Å². The van der Waals surface area contributed by atoms with Crippen LogP contribution in [0.2, 0.25) is 5.02 Å². The summed E-state index contributed by atoms with van der Waals surface area (Å²) in [5, 5.41) is 12.5. The summed E-state index contributed by atoms with van der Waals surface area (Å²) >= 11 is 8.76. The fourth-order valence-electron chi connectivity index (χ4n) is 1.80. The van der Waals surface area contributed by atoms with E-state index in [4.69, 9.17) is 11.6 Å². The summed E-state index contributed by atoms with van der Waals surface area (Å²) in [5.41, 5.74) is -0.455. The van der Waals surface area contributed by atoms with Crippen molar-refractivity contribution in [3.63, 3.8) is 0 Å². The van der Waals surface area contributed by atoms with Crippen LogP contribution < -0.4 is 5.32 Å². The monoisotopic (exact) mass is 379 g/mol. The van der Waals surface area contributed by atoms with Crippen LogP contribution in [0, 0.1) is 0 Å². The van der Waals surface area contributed by atoms with Gasteiger partial charge in [-0.15, -0.1) is 0 Å². The number of anilines is 1. The van der Waals surface area contributed by atoms with Gasteiger partial charge in [0.1, 0.15) is 5.75 Å². The molecule has 0 amide bonds. The van der Waals surface area contributed by atoms with Crippen molar-refractivity contribution < 1.29 is 18.3 Å². The molecule has 0 heterocycles. The number of phenolic OH excluding ortho intramolecular Hbond substituents is 1. The second-order valence-corrected chi connectivity index (χ2v) is 5.58. The summed E-state index contributed by atoms with van der Waals surface area (Å²) in [6, 6.07) is 8.45. The van der Waals surface area contributed by atoms with Gasteiger partial charge in [-0.1, -0.05) is 23.7 Å². The molecule has 0 aliphatic heterocycles. The van der Waals surface area contributed by atoms with Crippen molar-refractivity contribution in [3.05, 3.63) is 57.0 Å². The Balaban J connectivity index is 2.26. The molecule has 0 saturated carbocycles. The molecule has 0 aliphatic carbocycles. The number of para-hydroxylation sites is 1. The highest BCUT2D eigenvalue weighted by molar-refractivity contribution is 9.10. The van der Waals surface area contributed by atoms with Gasteiger partial charge in [0, 0.05) is 22.8 Å². The molecule has 2 aromatic carbocycles. The van der Waals surface area contributed by atoms with Gasteiger partial charge in [-0.25, -0.2) is 0 Å². The quantitative estimate of drug-likeness (QED) is 0.743. The Morgan fingerprint density at radius 3 is 2.57 bits per heavy atom. The lowest BCUT2D eigenvalue weighted by molar-refractivity contribution is -0.136. The second kappa shape index (κ2) is 6.15. The number of phenols is 1. The van der Waals surface area contributed by atoms with Crippen LogP contribution in [0.1, 0.15) is 11.1 Å². The fourth-order valence-corrected chi connectivity index (χ4v) is 2.38. The molecular formula is C14H10BrClF3NO. The van der Waals surface area contributed by atoms with Crippen LogP contribution in [-0.2, 0) is 12.7 Å². The number of rotatable bonds is 3. The number of hydrogen-bond acceptors (Lipinski definition) is 2. The van der Waals surface area contributed by atoms with Gasteiger partial charge in [-0.05, 0) is 40.2 Å². The van der Waals surface area contributed by atoms with E-state index in [1.807, 2.05) is 0 Å². The van der Waals surface area contributed by atoms with Crippen molar-refractivity contribution >= 4 is 33.2 Å². The Bertz CT molecular complexity index is 661. The number of benzene rings is 2. The molecule has 0 saturated heterocycles. The van der Waals surface area contributed by atoms with Crippen molar-refractivity contribution in [3.8, 4) is 5.75 Å². The van der Waals surface area contributed by atoms with Crippen LogP contribution >= 0.6 is 27.5 Å². The smallest absolute Gasteiger partial charge is 0.418 e. The van der Waals surface area contributed by atoms with E-state index in [0.29, 0.717) is 10.0 Å². The summed E-state index contributed by atoms with van der Waals surface area (Å²) in [6.45, 7) is 0.0516. The maximum Gasteiger partial charge on any atom is 0.418 e. The first-order chi connectivity index (χ1) is 9.79. The summed E-state index contributed by atoms with van der Waals surface area (Å²) in [7, 11) is 0. The Hall–Kier alpha value is -1.40. The van der Waals surface area contributed by atoms with Gasteiger partial charge in [-0.2, -0.15) is 13.2 Å². The Labute approximate surface area is 132 Å². The molecule has 0 radical (unpaired) electrons. The number of aromatic hydroxyl groups is 1. The molecule has 2 rings (SSSR count). The molecule has 0 bridgehead atoms. The van der Waals surface area contributed by atoms with Crippen LogP contribution in [-0.4, -0.2) is 5.11 Å². The third-order valence-electron chi connectivity index (χ3n) is 2.83. The predicted molar refractivity (Wildman–Crippen MR) is 79.6 cm³/mol. The molecule has 7 heteroatoms. The van der Waals surface area contributed by atoms with Crippen molar-refractivity contribution in [1.29, 1.82) is 0 Å². The number of alkyl halides is 3. The second-order valence-electron chi connectivity index (χ2n) is 4.29. The normalized spacial score (nSPS) is 11.5. The Morgan fingerprint density at radius 2 is 1.90 bits per heavy atom. The van der Waals surface area contributed by atoms with Gasteiger partial charge in [0.25, 0.3) is 0 Å². The molecule has 0 aliphatic rings. The van der Waals surface area contributed by atoms with Crippen LogP contribution in [0.5, 0.6) is 5.75 Å². The average molecular weight is 381 g/mol. The SMILES string of the molecule is Oc1c(Br)cccc1CNc1ccc(Cl)cc1C(F)(F)F. The van der Waals surface area contributed by atoms with E-state index >= 15 is 0 Å². The van der Waals surface area contributed by atoms with Gasteiger partial charge in [0.2, 0.25) is 0 Å². The third kappa shape index (κ3) is 3.83. The maximum atomic E-state index is 12.9. The zero-order valence-electron chi connectivity index (χ0n) is 10.5. The van der Waals surface area contributed by atoms with E-state index in [1.54, 1.807) is 18.2 Å². The summed E-state index contributed by atoms with van der Waals surface area (Å²) in [5.74, 6) is -0.00692. The first-order valence-electron chi connectivity index (χ1n) is 5.86. The summed E-state index contributed by atoms with van der Waals surface area (Å²) < 4.78 is 39.3.